The van der Waals surface area contributed by atoms with Crippen molar-refractivity contribution in [3.05, 3.63) is 12.2 Å². The van der Waals surface area contributed by atoms with Gasteiger partial charge >= 0.3 is 0 Å². The van der Waals surface area contributed by atoms with Gasteiger partial charge in [-0.1, -0.05) is 128 Å². The van der Waals surface area contributed by atoms with Crippen LogP contribution in [0.25, 0.3) is 0 Å². The molecule has 0 atom stereocenters. The molecule has 0 aromatic heterocycles. The predicted octanol–water partition coefficient (Wildman–Crippen LogP) is 10.2. The minimum absolute atomic E-state index is 0.393. The number of rotatable bonds is 16. The molecule has 0 radical (unpaired) electrons. The number of unbranched alkanes of at least 4 members (excludes halogenated alkanes) is 11. The van der Waals surface area contributed by atoms with Gasteiger partial charge in [0.15, 0.2) is 0 Å². The summed E-state index contributed by atoms with van der Waals surface area (Å²) >= 11 is 0. The molecule has 1 aliphatic rings. The van der Waals surface area contributed by atoms with Crippen molar-refractivity contribution in [1.29, 1.82) is 0 Å². The van der Waals surface area contributed by atoms with Crippen molar-refractivity contribution in [2.45, 2.75) is 173 Å². The Morgan fingerprint density at radius 1 is 0.636 bits per heavy atom. The third kappa shape index (κ3) is 18.2. The lowest BCUT2D eigenvalue weighted by Gasteiger charge is -2.29. The zero-order valence-corrected chi connectivity index (χ0v) is 22.8. The Kier molecular flexibility index (Phi) is 21.1. The zero-order valence-electron chi connectivity index (χ0n) is 22.8. The Balaban J connectivity index is 2.03. The highest BCUT2D eigenvalue weighted by Gasteiger charge is 2.19. The number of amides is 1. The molecule has 0 unspecified atom stereocenters. The molecule has 0 aromatic carbocycles. The Bertz CT molecular complexity index is 446. The Labute approximate surface area is 208 Å². The number of carbonyl (C=O) groups excluding carboxylic acids is 1. The third-order valence-corrected chi connectivity index (χ3v) is 7.67. The SMILES string of the molecule is CCCCCCCC/C=C\CCCCCCCC(=O)N(C)C1CCCCCCCCCCC1. The molecule has 194 valence electrons. The first kappa shape index (κ1) is 30.2. The van der Waals surface area contributed by atoms with Gasteiger partial charge in [0.1, 0.15) is 0 Å². The zero-order chi connectivity index (χ0) is 23.8. The first-order valence-electron chi connectivity index (χ1n) is 15.2. The van der Waals surface area contributed by atoms with Gasteiger partial charge in [0.05, 0.1) is 0 Å². The number of carbonyl (C=O) groups is 1. The lowest BCUT2D eigenvalue weighted by atomic mass is 9.97. The van der Waals surface area contributed by atoms with Crippen LogP contribution in [0.3, 0.4) is 0 Å². The molecule has 0 N–H and O–H groups in total. The van der Waals surface area contributed by atoms with Gasteiger partial charge < -0.3 is 4.90 Å². The largest absolute Gasteiger partial charge is 0.343 e. The molecule has 1 fully saturated rings. The fraction of sp³-hybridized carbons (Fsp3) is 0.903. The van der Waals surface area contributed by atoms with Gasteiger partial charge in [-0.05, 0) is 44.9 Å². The summed E-state index contributed by atoms with van der Waals surface area (Å²) < 4.78 is 0. The van der Waals surface area contributed by atoms with Crippen molar-refractivity contribution in [2.75, 3.05) is 7.05 Å². The predicted molar refractivity (Wildman–Crippen MR) is 147 cm³/mol. The van der Waals surface area contributed by atoms with Crippen molar-refractivity contribution in [2.24, 2.45) is 0 Å². The van der Waals surface area contributed by atoms with E-state index in [1.54, 1.807) is 0 Å². The van der Waals surface area contributed by atoms with Gasteiger partial charge in [0, 0.05) is 19.5 Å². The van der Waals surface area contributed by atoms with Gasteiger partial charge in [-0.3, -0.25) is 4.79 Å². The van der Waals surface area contributed by atoms with E-state index in [1.807, 2.05) is 0 Å². The van der Waals surface area contributed by atoms with Crippen molar-refractivity contribution >= 4 is 5.91 Å². The Hall–Kier alpha value is -0.790. The quantitative estimate of drug-likeness (QED) is 0.165. The summed E-state index contributed by atoms with van der Waals surface area (Å²) in [7, 11) is 2.08. The van der Waals surface area contributed by atoms with Gasteiger partial charge in [-0.2, -0.15) is 0 Å². The molecule has 1 saturated carbocycles. The maximum absolute atomic E-state index is 12.8. The Morgan fingerprint density at radius 2 is 1.06 bits per heavy atom. The summed E-state index contributed by atoms with van der Waals surface area (Å²) in [6.45, 7) is 2.28. The first-order chi connectivity index (χ1) is 16.3. The molecule has 2 heteroatoms. The second-order valence-corrected chi connectivity index (χ2v) is 10.8. The van der Waals surface area contributed by atoms with E-state index >= 15 is 0 Å². The lowest BCUT2D eigenvalue weighted by molar-refractivity contribution is -0.132. The Morgan fingerprint density at radius 3 is 1.58 bits per heavy atom. The van der Waals surface area contributed by atoms with Crippen LogP contribution in [0.4, 0.5) is 0 Å². The highest BCUT2D eigenvalue weighted by Crippen LogP contribution is 2.21. The average molecular weight is 462 g/mol. The van der Waals surface area contributed by atoms with Crippen LogP contribution in [-0.4, -0.2) is 23.9 Å². The number of hydrogen-bond donors (Lipinski definition) is 0. The van der Waals surface area contributed by atoms with Crippen molar-refractivity contribution in [3.8, 4) is 0 Å². The monoisotopic (exact) mass is 461 g/mol. The molecule has 0 heterocycles. The number of hydrogen-bond acceptors (Lipinski definition) is 1. The second kappa shape index (κ2) is 23.0. The fourth-order valence-electron chi connectivity index (χ4n) is 5.26. The maximum Gasteiger partial charge on any atom is 0.222 e. The van der Waals surface area contributed by atoms with E-state index < -0.39 is 0 Å². The van der Waals surface area contributed by atoms with Crippen LogP contribution in [0, 0.1) is 0 Å². The maximum atomic E-state index is 12.8. The van der Waals surface area contributed by atoms with Crippen molar-refractivity contribution < 1.29 is 4.79 Å². The summed E-state index contributed by atoms with van der Waals surface area (Å²) in [6.07, 6.45) is 37.4. The van der Waals surface area contributed by atoms with Crippen LogP contribution in [0.5, 0.6) is 0 Å². The second-order valence-electron chi connectivity index (χ2n) is 10.8. The molecule has 1 rings (SSSR count). The lowest BCUT2D eigenvalue weighted by Crippen LogP contribution is -2.37. The summed E-state index contributed by atoms with van der Waals surface area (Å²) in [5.41, 5.74) is 0. The molecule has 0 spiro atoms. The molecule has 33 heavy (non-hydrogen) atoms. The first-order valence-corrected chi connectivity index (χ1v) is 15.2. The van der Waals surface area contributed by atoms with Crippen LogP contribution in [0.2, 0.25) is 0 Å². The molecule has 0 aromatic rings. The normalized spacial score (nSPS) is 17.0. The highest BCUT2D eigenvalue weighted by atomic mass is 16.2. The van der Waals surface area contributed by atoms with Crippen molar-refractivity contribution in [1.82, 2.24) is 4.90 Å². The van der Waals surface area contributed by atoms with Crippen LogP contribution in [0.1, 0.15) is 167 Å². The van der Waals surface area contributed by atoms with Gasteiger partial charge in [-0.15, -0.1) is 0 Å². The molecule has 0 saturated heterocycles. The van der Waals surface area contributed by atoms with Crippen molar-refractivity contribution in [3.63, 3.8) is 0 Å². The van der Waals surface area contributed by atoms with E-state index in [1.165, 1.54) is 148 Å². The van der Waals surface area contributed by atoms with E-state index in [4.69, 9.17) is 0 Å². The average Bonchev–Trinajstić information content (AvgIpc) is 2.81. The van der Waals surface area contributed by atoms with Crippen LogP contribution in [0.15, 0.2) is 12.2 Å². The minimum Gasteiger partial charge on any atom is -0.343 e. The fourth-order valence-corrected chi connectivity index (χ4v) is 5.26. The summed E-state index contributed by atoms with van der Waals surface area (Å²) in [6, 6.07) is 0.486. The molecular formula is C31H59NO. The third-order valence-electron chi connectivity index (χ3n) is 7.67. The van der Waals surface area contributed by atoms with Gasteiger partial charge in [0.25, 0.3) is 0 Å². The van der Waals surface area contributed by atoms with Gasteiger partial charge in [0.2, 0.25) is 5.91 Å². The van der Waals surface area contributed by atoms with E-state index in [-0.39, 0.29) is 0 Å². The van der Waals surface area contributed by atoms with E-state index in [0.29, 0.717) is 11.9 Å². The number of nitrogens with zero attached hydrogens (tertiary/aromatic N) is 1. The molecule has 0 bridgehead atoms. The molecule has 1 amide bonds. The van der Waals surface area contributed by atoms with Crippen LogP contribution >= 0.6 is 0 Å². The number of allylic oxidation sites excluding steroid dienone is 2. The van der Waals surface area contributed by atoms with E-state index in [2.05, 4.69) is 31.0 Å². The molecule has 0 aliphatic heterocycles. The topological polar surface area (TPSA) is 20.3 Å². The summed E-state index contributed by atoms with van der Waals surface area (Å²) in [4.78, 5) is 14.9. The standard InChI is InChI=1S/C31H59NO/c1-3-4-5-6-7-8-9-10-11-12-13-17-20-23-26-29-31(33)32(2)30-27-24-21-18-15-14-16-19-22-25-28-30/h10-11,30H,3-9,12-29H2,1-2H3/b11-10-. The summed E-state index contributed by atoms with van der Waals surface area (Å²) in [5, 5.41) is 0. The smallest absolute Gasteiger partial charge is 0.222 e. The van der Waals surface area contributed by atoms with Crippen LogP contribution < -0.4 is 0 Å². The molecular weight excluding hydrogens is 402 g/mol. The van der Waals surface area contributed by atoms with Crippen LogP contribution in [-0.2, 0) is 4.79 Å². The van der Waals surface area contributed by atoms with E-state index in [9.17, 15) is 4.79 Å². The highest BCUT2D eigenvalue weighted by molar-refractivity contribution is 5.76. The van der Waals surface area contributed by atoms with Gasteiger partial charge in [-0.25, -0.2) is 0 Å². The summed E-state index contributed by atoms with van der Waals surface area (Å²) in [5.74, 6) is 0.393. The minimum atomic E-state index is 0.393. The molecule has 1 aliphatic carbocycles. The molecule has 2 nitrogen and oxygen atoms in total. The van der Waals surface area contributed by atoms with E-state index in [0.717, 1.165) is 12.8 Å².